The zero-order valence-electron chi connectivity index (χ0n) is 11.5. The van der Waals surface area contributed by atoms with Crippen molar-refractivity contribution >= 4 is 5.91 Å². The van der Waals surface area contributed by atoms with Crippen LogP contribution in [0.1, 0.15) is 15.9 Å². The van der Waals surface area contributed by atoms with Crippen LogP contribution in [0.25, 0.3) is 0 Å². The third-order valence-electron chi connectivity index (χ3n) is 3.26. The Morgan fingerprint density at radius 1 is 0.955 bits per heavy atom. The molecule has 116 valence electrons. The number of aliphatic hydroxyl groups is 1. The molecule has 6 heteroatoms. The highest BCUT2D eigenvalue weighted by atomic mass is 19.4. The highest BCUT2D eigenvalue weighted by Crippen LogP contribution is 2.38. The van der Waals surface area contributed by atoms with Gasteiger partial charge in [-0.2, -0.15) is 13.2 Å². The van der Waals surface area contributed by atoms with Crippen LogP contribution in [0, 0.1) is 0 Å². The van der Waals surface area contributed by atoms with E-state index in [2.05, 4.69) is 5.32 Å². The van der Waals surface area contributed by atoms with Crippen LogP contribution in [0.3, 0.4) is 0 Å². The number of benzene rings is 2. The summed E-state index contributed by atoms with van der Waals surface area (Å²) in [6.07, 6.45) is -4.92. The molecule has 3 nitrogen and oxygen atoms in total. The van der Waals surface area contributed by atoms with E-state index in [-0.39, 0.29) is 11.1 Å². The summed E-state index contributed by atoms with van der Waals surface area (Å²) >= 11 is 0. The molecule has 2 N–H and O–H groups in total. The molecule has 0 spiro atoms. The molecule has 0 aliphatic heterocycles. The SMILES string of the molecule is O=C(NCC(O)(c1ccccc1)C(F)(F)F)c1ccccc1. The summed E-state index contributed by atoms with van der Waals surface area (Å²) in [4.78, 5) is 11.9. The van der Waals surface area contributed by atoms with E-state index in [1.165, 1.54) is 36.4 Å². The van der Waals surface area contributed by atoms with Crippen molar-refractivity contribution in [2.75, 3.05) is 6.54 Å². The van der Waals surface area contributed by atoms with E-state index < -0.39 is 24.2 Å². The maximum atomic E-state index is 13.2. The third-order valence-corrected chi connectivity index (χ3v) is 3.26. The Labute approximate surface area is 125 Å². The largest absolute Gasteiger partial charge is 0.423 e. The molecule has 0 saturated heterocycles. The van der Waals surface area contributed by atoms with Gasteiger partial charge in [0.2, 0.25) is 5.60 Å². The molecular formula is C16H14F3NO2. The Bertz CT molecular complexity index is 629. The van der Waals surface area contributed by atoms with Gasteiger partial charge >= 0.3 is 6.18 Å². The fraction of sp³-hybridized carbons (Fsp3) is 0.188. The number of nitrogens with one attached hydrogen (secondary N) is 1. The van der Waals surface area contributed by atoms with Crippen LogP contribution in [-0.2, 0) is 5.60 Å². The van der Waals surface area contributed by atoms with Gasteiger partial charge in [0.05, 0.1) is 6.54 Å². The molecule has 0 saturated carbocycles. The van der Waals surface area contributed by atoms with Crippen LogP contribution in [-0.4, -0.2) is 23.7 Å². The van der Waals surface area contributed by atoms with Gasteiger partial charge in [-0.25, -0.2) is 0 Å². The number of rotatable bonds is 4. The van der Waals surface area contributed by atoms with Crippen LogP contribution < -0.4 is 5.32 Å². The van der Waals surface area contributed by atoms with Gasteiger partial charge in [-0.1, -0.05) is 48.5 Å². The standard InChI is InChI=1S/C16H14F3NO2/c17-16(18,19)15(22,13-9-5-2-6-10-13)11-20-14(21)12-7-3-1-4-8-12/h1-10,22H,11H2,(H,20,21). The number of halogens is 3. The van der Waals surface area contributed by atoms with E-state index in [4.69, 9.17) is 0 Å². The molecule has 0 aliphatic carbocycles. The fourth-order valence-electron chi connectivity index (χ4n) is 1.98. The number of carbonyl (C=O) groups is 1. The molecule has 2 rings (SSSR count). The Balaban J connectivity index is 2.21. The van der Waals surface area contributed by atoms with Gasteiger partial charge < -0.3 is 10.4 Å². The number of hydrogen-bond donors (Lipinski definition) is 2. The van der Waals surface area contributed by atoms with Gasteiger partial charge in [0, 0.05) is 5.56 Å². The summed E-state index contributed by atoms with van der Waals surface area (Å²) in [5.74, 6) is -0.681. The van der Waals surface area contributed by atoms with Crippen molar-refractivity contribution in [1.29, 1.82) is 0 Å². The number of carbonyl (C=O) groups excluding carboxylic acids is 1. The predicted octanol–water partition coefficient (Wildman–Crippen LogP) is 2.87. The minimum absolute atomic E-state index is 0.222. The van der Waals surface area contributed by atoms with Crippen molar-refractivity contribution in [2.24, 2.45) is 0 Å². The lowest BCUT2D eigenvalue weighted by atomic mass is 9.93. The minimum atomic E-state index is -4.92. The van der Waals surface area contributed by atoms with Crippen LogP contribution >= 0.6 is 0 Å². The van der Waals surface area contributed by atoms with Crippen molar-refractivity contribution in [3.63, 3.8) is 0 Å². The van der Waals surface area contributed by atoms with Gasteiger partial charge in [-0.3, -0.25) is 4.79 Å². The zero-order chi connectivity index (χ0) is 16.2. The van der Waals surface area contributed by atoms with E-state index in [9.17, 15) is 23.1 Å². The third kappa shape index (κ3) is 3.28. The van der Waals surface area contributed by atoms with Crippen molar-refractivity contribution in [3.8, 4) is 0 Å². The molecule has 22 heavy (non-hydrogen) atoms. The highest BCUT2D eigenvalue weighted by molar-refractivity contribution is 5.94. The fourth-order valence-corrected chi connectivity index (χ4v) is 1.98. The highest BCUT2D eigenvalue weighted by Gasteiger charge is 2.55. The molecule has 0 bridgehead atoms. The van der Waals surface area contributed by atoms with Crippen molar-refractivity contribution in [2.45, 2.75) is 11.8 Å². The summed E-state index contributed by atoms with van der Waals surface area (Å²) in [5, 5.41) is 12.2. The zero-order valence-corrected chi connectivity index (χ0v) is 11.5. The van der Waals surface area contributed by atoms with E-state index >= 15 is 0 Å². The first-order valence-electron chi connectivity index (χ1n) is 6.52. The van der Waals surface area contributed by atoms with E-state index in [0.29, 0.717) is 0 Å². The first-order valence-corrected chi connectivity index (χ1v) is 6.52. The molecule has 1 amide bonds. The van der Waals surface area contributed by atoms with E-state index in [1.807, 2.05) is 0 Å². The first kappa shape index (κ1) is 16.0. The Hall–Kier alpha value is -2.34. The number of hydrogen-bond acceptors (Lipinski definition) is 2. The number of amides is 1. The average molecular weight is 309 g/mol. The summed E-state index contributed by atoms with van der Waals surface area (Å²) in [6.45, 7) is -0.964. The molecule has 0 aliphatic rings. The molecule has 0 heterocycles. The van der Waals surface area contributed by atoms with Crippen LogP contribution in [0.2, 0.25) is 0 Å². The maximum absolute atomic E-state index is 13.2. The number of alkyl halides is 3. The molecule has 0 fully saturated rings. The van der Waals surface area contributed by atoms with Gasteiger partial charge in [0.25, 0.3) is 5.91 Å². The molecule has 2 aromatic carbocycles. The topological polar surface area (TPSA) is 49.3 Å². The van der Waals surface area contributed by atoms with Crippen LogP contribution in [0.5, 0.6) is 0 Å². The summed E-state index contributed by atoms with van der Waals surface area (Å²) in [6, 6.07) is 14.5. The molecular weight excluding hydrogens is 295 g/mol. The summed E-state index contributed by atoms with van der Waals surface area (Å²) in [7, 11) is 0. The second-order valence-electron chi connectivity index (χ2n) is 4.77. The molecule has 1 atom stereocenters. The van der Waals surface area contributed by atoms with Gasteiger partial charge in [-0.05, 0) is 17.7 Å². The lowest BCUT2D eigenvalue weighted by molar-refractivity contribution is -0.263. The summed E-state index contributed by atoms with van der Waals surface area (Å²) in [5.41, 5.74) is -3.24. The van der Waals surface area contributed by atoms with Gasteiger partial charge in [0.1, 0.15) is 0 Å². The van der Waals surface area contributed by atoms with Crippen molar-refractivity contribution in [3.05, 3.63) is 71.8 Å². The predicted molar refractivity (Wildman–Crippen MR) is 75.2 cm³/mol. The lowest BCUT2D eigenvalue weighted by Crippen LogP contribution is -2.51. The Kier molecular flexibility index (Phi) is 4.51. The second-order valence-corrected chi connectivity index (χ2v) is 4.77. The summed E-state index contributed by atoms with van der Waals surface area (Å²) < 4.78 is 39.7. The Morgan fingerprint density at radius 2 is 1.45 bits per heavy atom. The van der Waals surface area contributed by atoms with Crippen molar-refractivity contribution in [1.82, 2.24) is 5.32 Å². The van der Waals surface area contributed by atoms with Crippen LogP contribution in [0.4, 0.5) is 13.2 Å². The molecule has 0 radical (unpaired) electrons. The maximum Gasteiger partial charge on any atom is 0.423 e. The van der Waals surface area contributed by atoms with E-state index in [1.54, 1.807) is 24.3 Å². The van der Waals surface area contributed by atoms with Crippen molar-refractivity contribution < 1.29 is 23.1 Å². The van der Waals surface area contributed by atoms with Gasteiger partial charge in [0.15, 0.2) is 0 Å². The molecule has 1 unspecified atom stereocenters. The average Bonchev–Trinajstić information content (AvgIpc) is 2.53. The first-order chi connectivity index (χ1) is 10.3. The molecule has 2 aromatic rings. The van der Waals surface area contributed by atoms with Gasteiger partial charge in [-0.15, -0.1) is 0 Å². The molecule has 0 aromatic heterocycles. The minimum Gasteiger partial charge on any atom is -0.375 e. The lowest BCUT2D eigenvalue weighted by Gasteiger charge is -2.31. The smallest absolute Gasteiger partial charge is 0.375 e. The van der Waals surface area contributed by atoms with E-state index in [0.717, 1.165) is 0 Å². The second kappa shape index (κ2) is 6.19. The monoisotopic (exact) mass is 309 g/mol. The quantitative estimate of drug-likeness (QED) is 0.912. The Morgan fingerprint density at radius 3 is 1.95 bits per heavy atom. The normalized spacial score (nSPS) is 14.2. The van der Waals surface area contributed by atoms with Crippen LogP contribution in [0.15, 0.2) is 60.7 Å².